The van der Waals surface area contributed by atoms with E-state index in [1.807, 2.05) is 12.1 Å². The third kappa shape index (κ3) is 6.32. The van der Waals surface area contributed by atoms with Crippen LogP contribution >= 0.6 is 0 Å². The normalized spacial score (nSPS) is 40.0. The van der Waals surface area contributed by atoms with Crippen LogP contribution in [0.25, 0.3) is 5.57 Å². The first kappa shape index (κ1) is 38.6. The number of benzene rings is 1. The van der Waals surface area contributed by atoms with Crippen LogP contribution in [-0.2, 0) is 14.6 Å². The molecule has 1 heterocycles. The van der Waals surface area contributed by atoms with Gasteiger partial charge in [-0.3, -0.25) is 4.90 Å². The molecule has 8 nitrogen and oxygen atoms in total. The van der Waals surface area contributed by atoms with Crippen molar-refractivity contribution in [3.8, 4) is 0 Å². The summed E-state index contributed by atoms with van der Waals surface area (Å²) in [5.41, 5.74) is 4.74. The largest absolute Gasteiger partial charge is 0.478 e. The van der Waals surface area contributed by atoms with Crippen LogP contribution in [0, 0.1) is 56.7 Å². The molecule has 4 saturated carbocycles. The second-order valence-electron chi connectivity index (χ2n) is 19.5. The number of carbonyl (C=O) groups is 2. The number of carboxylic acid groups (broad SMARTS) is 1. The molecule has 0 bridgehead atoms. The number of ether oxygens (including phenoxy) is 1. The summed E-state index contributed by atoms with van der Waals surface area (Å²) in [6.45, 7) is 22.0. The monoisotopic (exact) mass is 748 g/mol. The summed E-state index contributed by atoms with van der Waals surface area (Å²) < 4.78 is 29.2. The maximum Gasteiger partial charge on any atom is 0.407 e. The summed E-state index contributed by atoms with van der Waals surface area (Å²) >= 11 is 0. The number of nitrogens with zero attached hydrogens (tertiary/aromatic N) is 1. The van der Waals surface area contributed by atoms with Crippen LogP contribution in [0.2, 0.25) is 0 Å². The highest BCUT2D eigenvalue weighted by Gasteiger charge is 2.70. The highest BCUT2D eigenvalue weighted by Crippen LogP contribution is 2.77. The SMILES string of the molecule is C=C(C)[C@@H]1CC[C@]2(CNC(=O)OCCN3CCS(=O)(=O)CC3)CC[C@]3(C)[C@H](CC[C@@H]4[C@@]5(C)CC=C(c6ccc(C(=O)O)cc6)C(C)(C)[C@@H]5CC[C@]43C)[C@@H]12. The standard InChI is InChI=1S/C44H64N2O6S/c1-29(2)32-14-19-44(28-45-39(49)52-25-22-46-23-26-53(50,51)27-24-46)21-20-42(6)34(37(32)44)12-13-36-41(5)17-15-33(30-8-10-31(11-9-30)38(47)48)40(3,4)35(41)16-18-43(36,42)7/h8-11,15,32,34-37H,1,12-14,16-28H2,2-7H3,(H,45,49)(H,47,48)/t32-,34+,35-,36+,37+,41-,42+,43+,44+/m0/s1. The van der Waals surface area contributed by atoms with E-state index in [-0.39, 0.29) is 51.3 Å². The van der Waals surface area contributed by atoms with Gasteiger partial charge in [-0.15, -0.1) is 0 Å². The number of hydrogen-bond acceptors (Lipinski definition) is 6. The average Bonchev–Trinajstić information content (AvgIpc) is 3.49. The molecule has 1 aromatic rings. The van der Waals surface area contributed by atoms with Crippen molar-refractivity contribution in [1.29, 1.82) is 0 Å². The number of alkyl carbamates (subject to hydrolysis) is 1. The number of carboxylic acids is 1. The fourth-order valence-electron chi connectivity index (χ4n) is 14.0. The van der Waals surface area contributed by atoms with Gasteiger partial charge >= 0.3 is 12.1 Å². The summed E-state index contributed by atoms with van der Waals surface area (Å²) in [7, 11) is -2.93. The lowest BCUT2D eigenvalue weighted by Crippen LogP contribution is -2.66. The molecule has 0 radical (unpaired) electrons. The van der Waals surface area contributed by atoms with E-state index in [9.17, 15) is 23.1 Å². The van der Waals surface area contributed by atoms with Crippen molar-refractivity contribution in [2.24, 2.45) is 56.7 Å². The van der Waals surface area contributed by atoms with Crippen molar-refractivity contribution in [2.75, 3.05) is 44.3 Å². The maximum atomic E-state index is 13.1. The Bertz CT molecular complexity index is 1760. The molecule has 1 amide bonds. The molecule has 2 N–H and O–H groups in total. The topological polar surface area (TPSA) is 113 Å². The van der Waals surface area contributed by atoms with E-state index in [4.69, 9.17) is 4.74 Å². The lowest BCUT2D eigenvalue weighted by atomic mass is 9.32. The van der Waals surface area contributed by atoms with Crippen LogP contribution < -0.4 is 5.32 Å². The van der Waals surface area contributed by atoms with E-state index >= 15 is 0 Å². The number of aromatic carboxylic acids is 1. The number of allylic oxidation sites excluding steroid dienone is 3. The second kappa shape index (κ2) is 13.5. The first-order valence-corrected chi connectivity index (χ1v) is 22.2. The van der Waals surface area contributed by atoms with Crippen LogP contribution in [0.4, 0.5) is 4.79 Å². The summed E-state index contributed by atoms with van der Waals surface area (Å²) in [4.78, 5) is 26.7. The molecule has 0 unspecified atom stereocenters. The fourth-order valence-corrected chi connectivity index (χ4v) is 15.3. The van der Waals surface area contributed by atoms with Gasteiger partial charge in [0.25, 0.3) is 0 Å². The molecule has 53 heavy (non-hydrogen) atoms. The zero-order chi connectivity index (χ0) is 38.2. The van der Waals surface area contributed by atoms with E-state index in [1.54, 1.807) is 12.1 Å². The quantitative estimate of drug-likeness (QED) is 0.257. The summed E-state index contributed by atoms with van der Waals surface area (Å²) in [6.07, 6.45) is 12.6. The third-order valence-corrected chi connectivity index (χ3v) is 18.5. The van der Waals surface area contributed by atoms with Gasteiger partial charge in [0.1, 0.15) is 6.61 Å². The molecule has 9 heteroatoms. The van der Waals surface area contributed by atoms with Crippen molar-refractivity contribution in [3.05, 3.63) is 53.6 Å². The van der Waals surface area contributed by atoms with Crippen LogP contribution in [0.5, 0.6) is 0 Å². The molecule has 1 aromatic carbocycles. The predicted octanol–water partition coefficient (Wildman–Crippen LogP) is 8.49. The first-order valence-electron chi connectivity index (χ1n) is 20.4. The van der Waals surface area contributed by atoms with Gasteiger partial charge < -0.3 is 15.2 Å². The third-order valence-electron chi connectivity index (χ3n) is 16.9. The molecule has 0 aromatic heterocycles. The molecule has 0 spiro atoms. The van der Waals surface area contributed by atoms with Gasteiger partial charge in [-0.2, -0.15) is 0 Å². The number of amides is 1. The fraction of sp³-hybridized carbons (Fsp3) is 0.727. The van der Waals surface area contributed by atoms with Gasteiger partial charge in [-0.25, -0.2) is 18.0 Å². The van der Waals surface area contributed by atoms with Crippen molar-refractivity contribution in [1.82, 2.24) is 10.2 Å². The Morgan fingerprint density at radius 1 is 0.925 bits per heavy atom. The van der Waals surface area contributed by atoms with Crippen LogP contribution in [-0.4, -0.2) is 74.8 Å². The van der Waals surface area contributed by atoms with Crippen molar-refractivity contribution in [3.63, 3.8) is 0 Å². The van der Waals surface area contributed by atoms with E-state index < -0.39 is 15.8 Å². The second-order valence-corrected chi connectivity index (χ2v) is 21.8. The number of fused-ring (bicyclic) bond motifs is 7. The number of carbonyl (C=O) groups excluding carboxylic acids is 1. The van der Waals surface area contributed by atoms with Gasteiger partial charge in [-0.05, 0) is 145 Å². The van der Waals surface area contributed by atoms with Crippen molar-refractivity contribution in [2.45, 2.75) is 99.3 Å². The minimum atomic E-state index is -2.93. The van der Waals surface area contributed by atoms with Gasteiger partial charge in [-0.1, -0.05) is 65.0 Å². The number of hydrogen-bond donors (Lipinski definition) is 2. The molecule has 9 atom stereocenters. The molecular formula is C44H64N2O6S. The molecule has 1 aliphatic heterocycles. The molecule has 292 valence electrons. The minimum absolute atomic E-state index is 0.0241. The number of nitrogens with one attached hydrogen (secondary N) is 1. The first-order chi connectivity index (χ1) is 24.9. The molecular weight excluding hydrogens is 685 g/mol. The zero-order valence-corrected chi connectivity index (χ0v) is 34.0. The van der Waals surface area contributed by atoms with E-state index in [1.165, 1.54) is 43.3 Å². The van der Waals surface area contributed by atoms with Crippen LogP contribution in [0.1, 0.15) is 115 Å². The predicted molar refractivity (Wildman–Crippen MR) is 210 cm³/mol. The Labute approximate surface area is 318 Å². The molecule has 7 rings (SSSR count). The van der Waals surface area contributed by atoms with E-state index in [0.717, 1.165) is 31.2 Å². The Morgan fingerprint density at radius 3 is 2.28 bits per heavy atom. The molecule has 1 saturated heterocycles. The number of rotatable bonds is 8. The Morgan fingerprint density at radius 2 is 1.62 bits per heavy atom. The Kier molecular flexibility index (Phi) is 9.86. The lowest BCUT2D eigenvalue weighted by Gasteiger charge is -2.72. The van der Waals surface area contributed by atoms with E-state index in [0.29, 0.717) is 61.3 Å². The van der Waals surface area contributed by atoms with E-state index in [2.05, 4.69) is 64.4 Å². The summed E-state index contributed by atoms with van der Waals surface area (Å²) in [6, 6.07) is 7.51. The van der Waals surface area contributed by atoms with Crippen LogP contribution in [0.15, 0.2) is 42.5 Å². The smallest absolute Gasteiger partial charge is 0.407 e. The highest BCUT2D eigenvalue weighted by molar-refractivity contribution is 7.91. The number of sulfone groups is 1. The van der Waals surface area contributed by atoms with Crippen LogP contribution in [0.3, 0.4) is 0 Å². The Balaban J connectivity index is 1.08. The zero-order valence-electron chi connectivity index (χ0n) is 33.1. The lowest BCUT2D eigenvalue weighted by molar-refractivity contribution is -0.225. The summed E-state index contributed by atoms with van der Waals surface area (Å²) in [5, 5.41) is 12.7. The average molecular weight is 749 g/mol. The Hall–Kier alpha value is -2.65. The molecule has 5 fully saturated rings. The maximum absolute atomic E-state index is 13.1. The van der Waals surface area contributed by atoms with Gasteiger partial charge in [0.2, 0.25) is 0 Å². The van der Waals surface area contributed by atoms with Gasteiger partial charge in [0.15, 0.2) is 9.84 Å². The van der Waals surface area contributed by atoms with Crippen molar-refractivity contribution >= 4 is 27.5 Å². The molecule has 5 aliphatic carbocycles. The van der Waals surface area contributed by atoms with Crippen molar-refractivity contribution < 1.29 is 27.9 Å². The summed E-state index contributed by atoms with van der Waals surface area (Å²) in [5.74, 6) is 2.15. The molecule has 6 aliphatic rings. The van der Waals surface area contributed by atoms with Gasteiger partial charge in [0.05, 0.1) is 17.1 Å². The van der Waals surface area contributed by atoms with Gasteiger partial charge in [0, 0.05) is 26.2 Å². The minimum Gasteiger partial charge on any atom is -0.478 e. The highest BCUT2D eigenvalue weighted by atomic mass is 32.2.